The van der Waals surface area contributed by atoms with Crippen molar-refractivity contribution in [3.05, 3.63) is 65.2 Å². The molecule has 1 aliphatic heterocycles. The molecular formula is C21H25N3O3. The molecule has 0 radical (unpaired) electrons. The monoisotopic (exact) mass is 367 g/mol. The zero-order valence-electron chi connectivity index (χ0n) is 15.6. The number of anilines is 1. The van der Waals surface area contributed by atoms with Gasteiger partial charge in [0.2, 0.25) is 0 Å². The second-order valence-corrected chi connectivity index (χ2v) is 6.89. The Labute approximate surface area is 159 Å². The Balaban J connectivity index is 1.52. The third-order valence-electron chi connectivity index (χ3n) is 4.93. The summed E-state index contributed by atoms with van der Waals surface area (Å²) in [7, 11) is 2.04. The van der Waals surface area contributed by atoms with Crippen LogP contribution in [0.5, 0.6) is 0 Å². The molecule has 0 saturated heterocycles. The van der Waals surface area contributed by atoms with Crippen LogP contribution in [0.4, 0.5) is 5.69 Å². The molecule has 0 saturated carbocycles. The number of likely N-dealkylation sites (N-methyl/N-ethyl adjacent to an activating group) is 1. The van der Waals surface area contributed by atoms with Crippen LogP contribution < -0.4 is 15.5 Å². The maximum atomic E-state index is 12.1. The summed E-state index contributed by atoms with van der Waals surface area (Å²) in [5.41, 5.74) is 4.02. The zero-order chi connectivity index (χ0) is 19.4. The Morgan fingerprint density at radius 1 is 1.11 bits per heavy atom. The van der Waals surface area contributed by atoms with Crippen LogP contribution in [0, 0.1) is 0 Å². The molecule has 0 unspecified atom stereocenters. The van der Waals surface area contributed by atoms with Gasteiger partial charge in [-0.15, -0.1) is 0 Å². The van der Waals surface area contributed by atoms with Crippen LogP contribution >= 0.6 is 0 Å². The Hall–Kier alpha value is -2.86. The van der Waals surface area contributed by atoms with E-state index in [0.29, 0.717) is 0 Å². The van der Waals surface area contributed by atoms with Crippen LogP contribution in [0.15, 0.2) is 48.5 Å². The number of benzene rings is 2. The highest BCUT2D eigenvalue weighted by Crippen LogP contribution is 2.29. The van der Waals surface area contributed by atoms with E-state index in [1.165, 1.54) is 11.3 Å². The number of rotatable bonds is 5. The van der Waals surface area contributed by atoms with Crippen molar-refractivity contribution < 1.29 is 14.7 Å². The fourth-order valence-electron chi connectivity index (χ4n) is 3.27. The molecule has 2 aromatic rings. The SMILES string of the molecule is C[C@H](NC(=O)C(=O)NC[C@H](O)c1ccc2c(c1)CCN2C)c1ccccc1. The second-order valence-electron chi connectivity index (χ2n) is 6.89. The molecule has 0 spiro atoms. The van der Waals surface area contributed by atoms with E-state index in [2.05, 4.69) is 15.5 Å². The Morgan fingerprint density at radius 2 is 1.85 bits per heavy atom. The van der Waals surface area contributed by atoms with E-state index >= 15 is 0 Å². The van der Waals surface area contributed by atoms with Gasteiger partial charge < -0.3 is 20.6 Å². The first-order valence-corrected chi connectivity index (χ1v) is 9.11. The van der Waals surface area contributed by atoms with E-state index < -0.39 is 17.9 Å². The number of nitrogens with one attached hydrogen (secondary N) is 2. The fourth-order valence-corrected chi connectivity index (χ4v) is 3.27. The summed E-state index contributed by atoms with van der Waals surface area (Å²) in [5.74, 6) is -1.47. The lowest BCUT2D eigenvalue weighted by Crippen LogP contribution is -2.42. The first-order valence-electron chi connectivity index (χ1n) is 9.11. The summed E-state index contributed by atoms with van der Waals surface area (Å²) >= 11 is 0. The van der Waals surface area contributed by atoms with Crippen molar-refractivity contribution in [2.45, 2.75) is 25.5 Å². The van der Waals surface area contributed by atoms with Gasteiger partial charge in [-0.3, -0.25) is 9.59 Å². The van der Waals surface area contributed by atoms with Crippen LogP contribution in [0.3, 0.4) is 0 Å². The van der Waals surface area contributed by atoms with Crippen LogP contribution in [-0.2, 0) is 16.0 Å². The minimum Gasteiger partial charge on any atom is -0.387 e. The number of nitrogens with zero attached hydrogens (tertiary/aromatic N) is 1. The van der Waals surface area contributed by atoms with Gasteiger partial charge in [0.05, 0.1) is 12.1 Å². The van der Waals surface area contributed by atoms with E-state index in [9.17, 15) is 14.7 Å². The number of hydrogen-bond acceptors (Lipinski definition) is 4. The van der Waals surface area contributed by atoms with E-state index in [1.54, 1.807) is 0 Å². The molecule has 3 rings (SSSR count). The van der Waals surface area contributed by atoms with Crippen LogP contribution in [0.1, 0.15) is 35.8 Å². The maximum Gasteiger partial charge on any atom is 0.309 e. The van der Waals surface area contributed by atoms with Gasteiger partial charge in [0.25, 0.3) is 0 Å². The molecule has 3 N–H and O–H groups in total. The molecule has 6 heteroatoms. The number of hydrogen-bond donors (Lipinski definition) is 3. The van der Waals surface area contributed by atoms with Gasteiger partial charge in [-0.25, -0.2) is 0 Å². The average molecular weight is 367 g/mol. The van der Waals surface area contributed by atoms with Crippen molar-refractivity contribution in [1.82, 2.24) is 10.6 Å². The van der Waals surface area contributed by atoms with Gasteiger partial charge >= 0.3 is 11.8 Å². The van der Waals surface area contributed by atoms with Gasteiger partial charge in [-0.05, 0) is 36.1 Å². The molecule has 1 aliphatic rings. The minimum atomic E-state index is -0.857. The minimum absolute atomic E-state index is 0.0133. The topological polar surface area (TPSA) is 81.7 Å². The highest BCUT2D eigenvalue weighted by atomic mass is 16.3. The molecule has 27 heavy (non-hydrogen) atoms. The Kier molecular flexibility index (Phi) is 5.76. The van der Waals surface area contributed by atoms with Crippen LogP contribution in [-0.4, -0.2) is 37.1 Å². The van der Waals surface area contributed by atoms with Gasteiger partial charge in [0.1, 0.15) is 0 Å². The molecule has 1 heterocycles. The highest BCUT2D eigenvalue weighted by Gasteiger charge is 2.20. The Bertz CT molecular complexity index is 823. The van der Waals surface area contributed by atoms with E-state index in [4.69, 9.17) is 0 Å². The predicted octanol–water partition coefficient (Wildman–Crippen LogP) is 1.71. The molecule has 6 nitrogen and oxygen atoms in total. The van der Waals surface area contributed by atoms with E-state index in [-0.39, 0.29) is 12.6 Å². The largest absolute Gasteiger partial charge is 0.387 e. The van der Waals surface area contributed by atoms with Crippen molar-refractivity contribution in [2.24, 2.45) is 0 Å². The third kappa shape index (κ3) is 4.46. The maximum absolute atomic E-state index is 12.1. The number of aliphatic hydroxyl groups excluding tert-OH is 1. The number of fused-ring (bicyclic) bond motifs is 1. The molecular weight excluding hydrogens is 342 g/mol. The van der Waals surface area contributed by atoms with Crippen molar-refractivity contribution in [3.8, 4) is 0 Å². The number of amides is 2. The summed E-state index contributed by atoms with van der Waals surface area (Å²) in [4.78, 5) is 26.3. The normalized spacial score (nSPS) is 15.0. The summed E-state index contributed by atoms with van der Waals surface area (Å²) < 4.78 is 0. The molecule has 2 aromatic carbocycles. The van der Waals surface area contributed by atoms with Gasteiger partial charge in [0.15, 0.2) is 0 Å². The predicted molar refractivity (Wildman–Crippen MR) is 104 cm³/mol. The molecule has 2 amide bonds. The van der Waals surface area contributed by atoms with Crippen molar-refractivity contribution in [3.63, 3.8) is 0 Å². The second kappa shape index (κ2) is 8.22. The number of aliphatic hydroxyl groups is 1. The van der Waals surface area contributed by atoms with Crippen molar-refractivity contribution in [2.75, 3.05) is 25.0 Å². The van der Waals surface area contributed by atoms with E-state index in [0.717, 1.165) is 24.1 Å². The van der Waals surface area contributed by atoms with Crippen molar-refractivity contribution >= 4 is 17.5 Å². The molecule has 0 fully saturated rings. The number of carbonyl (C=O) groups is 2. The van der Waals surface area contributed by atoms with Crippen LogP contribution in [0.25, 0.3) is 0 Å². The van der Waals surface area contributed by atoms with Gasteiger partial charge in [0, 0.05) is 25.8 Å². The highest BCUT2D eigenvalue weighted by molar-refractivity contribution is 6.35. The van der Waals surface area contributed by atoms with E-state index in [1.807, 2.05) is 62.5 Å². The van der Waals surface area contributed by atoms with Gasteiger partial charge in [-0.1, -0.05) is 42.5 Å². The first-order chi connectivity index (χ1) is 13.0. The standard InChI is InChI=1S/C21H25N3O3/c1-14(15-6-4-3-5-7-15)23-21(27)20(26)22-13-19(25)17-8-9-18-16(12-17)10-11-24(18)2/h3-9,12,14,19,25H,10-11,13H2,1-2H3,(H,22,26)(H,23,27)/t14-,19-/m0/s1. The van der Waals surface area contributed by atoms with Gasteiger partial charge in [-0.2, -0.15) is 0 Å². The summed E-state index contributed by atoms with van der Waals surface area (Å²) in [6.07, 6.45) is 0.0860. The quantitative estimate of drug-likeness (QED) is 0.703. The number of carbonyl (C=O) groups excluding carboxylic acids is 2. The lowest BCUT2D eigenvalue weighted by Gasteiger charge is -2.16. The zero-order valence-corrected chi connectivity index (χ0v) is 15.6. The first kappa shape index (κ1) is 18.9. The summed E-state index contributed by atoms with van der Waals surface area (Å²) in [6, 6.07) is 15.0. The lowest BCUT2D eigenvalue weighted by molar-refractivity contribution is -0.139. The fraction of sp³-hybridized carbons (Fsp3) is 0.333. The molecule has 142 valence electrons. The smallest absolute Gasteiger partial charge is 0.309 e. The molecule has 2 atom stereocenters. The lowest BCUT2D eigenvalue weighted by atomic mass is 10.0. The summed E-state index contributed by atoms with van der Waals surface area (Å²) in [5, 5.41) is 15.5. The third-order valence-corrected chi connectivity index (χ3v) is 4.93. The molecule has 0 bridgehead atoms. The summed E-state index contributed by atoms with van der Waals surface area (Å²) in [6.45, 7) is 2.77. The molecule has 0 aromatic heterocycles. The average Bonchev–Trinajstić information content (AvgIpc) is 3.06. The van der Waals surface area contributed by atoms with Crippen molar-refractivity contribution in [1.29, 1.82) is 0 Å². The molecule has 0 aliphatic carbocycles. The Morgan fingerprint density at radius 3 is 2.59 bits per heavy atom. The van der Waals surface area contributed by atoms with Crippen LogP contribution in [0.2, 0.25) is 0 Å².